The second kappa shape index (κ2) is 9.18. The zero-order chi connectivity index (χ0) is 13.2. The van der Waals surface area contributed by atoms with E-state index in [1.54, 1.807) is 5.56 Å². The summed E-state index contributed by atoms with van der Waals surface area (Å²) in [6.07, 6.45) is 17.4. The Bertz CT molecular complexity index is 302. The van der Waals surface area contributed by atoms with Crippen LogP contribution in [-0.2, 0) is 6.42 Å². The van der Waals surface area contributed by atoms with Crippen molar-refractivity contribution in [2.75, 3.05) is 0 Å². The maximum absolute atomic E-state index is 2.30. The first kappa shape index (κ1) is 14.6. The molecule has 0 atom stereocenters. The van der Waals surface area contributed by atoms with Crippen LogP contribution >= 0.6 is 0 Å². The first-order chi connectivity index (χ1) is 9.45. The fraction of sp³-hybridized carbons (Fsp3) is 0.684. The molecule has 0 heteroatoms. The minimum atomic E-state index is 0.932. The molecule has 19 heavy (non-hydrogen) atoms. The van der Waals surface area contributed by atoms with Crippen molar-refractivity contribution in [2.24, 2.45) is 5.92 Å². The Morgan fingerprint density at radius 1 is 0.632 bits per heavy atom. The van der Waals surface area contributed by atoms with Gasteiger partial charge in [0.2, 0.25) is 0 Å². The molecule has 1 aromatic rings. The molecule has 1 aliphatic rings. The quantitative estimate of drug-likeness (QED) is 0.597. The van der Waals surface area contributed by atoms with E-state index in [2.05, 4.69) is 30.3 Å². The Morgan fingerprint density at radius 2 is 1.11 bits per heavy atom. The fourth-order valence-corrected chi connectivity index (χ4v) is 3.40. The Balaban J connectivity index is 1.81. The molecule has 1 fully saturated rings. The van der Waals surface area contributed by atoms with Crippen molar-refractivity contribution in [3.63, 3.8) is 0 Å². The van der Waals surface area contributed by atoms with Crippen molar-refractivity contribution in [3.8, 4) is 0 Å². The van der Waals surface area contributed by atoms with Crippen LogP contribution in [-0.4, -0.2) is 0 Å². The molecular weight excluding hydrogens is 228 g/mol. The van der Waals surface area contributed by atoms with Gasteiger partial charge in [-0.25, -0.2) is 0 Å². The van der Waals surface area contributed by atoms with E-state index in [0.717, 1.165) is 5.92 Å². The van der Waals surface area contributed by atoms with Gasteiger partial charge in [-0.15, -0.1) is 0 Å². The van der Waals surface area contributed by atoms with Crippen LogP contribution in [0.25, 0.3) is 0 Å². The topological polar surface area (TPSA) is 0 Å². The van der Waals surface area contributed by atoms with E-state index in [4.69, 9.17) is 0 Å². The Labute approximate surface area is 119 Å². The minimum absolute atomic E-state index is 0.932. The Hall–Kier alpha value is -0.780. The minimum Gasteiger partial charge on any atom is -0.0622 e. The molecule has 1 aliphatic carbocycles. The van der Waals surface area contributed by atoms with E-state index >= 15 is 0 Å². The summed E-state index contributed by atoms with van der Waals surface area (Å²) in [6.45, 7) is 0. The molecule has 106 valence electrons. The van der Waals surface area contributed by atoms with Crippen LogP contribution in [0.3, 0.4) is 0 Å². The van der Waals surface area contributed by atoms with Gasteiger partial charge in [0.1, 0.15) is 0 Å². The van der Waals surface area contributed by atoms with Crippen LogP contribution in [0, 0.1) is 5.92 Å². The van der Waals surface area contributed by atoms with Gasteiger partial charge in [0, 0.05) is 0 Å². The first-order valence-electron chi connectivity index (χ1n) is 8.49. The fourth-order valence-electron chi connectivity index (χ4n) is 3.40. The standard InChI is InChI=1S/C19H30/c1-2-4-6-9-13-18(14-10-7-5-3-1)17-19-15-11-8-12-16-19/h8,11-12,15-16,18H,1-7,9-10,13-14,17H2. The lowest BCUT2D eigenvalue weighted by Gasteiger charge is -2.18. The van der Waals surface area contributed by atoms with E-state index in [-0.39, 0.29) is 0 Å². The molecule has 0 spiro atoms. The average molecular weight is 258 g/mol. The molecule has 1 saturated carbocycles. The van der Waals surface area contributed by atoms with Crippen LogP contribution in [0.4, 0.5) is 0 Å². The molecule has 1 aromatic carbocycles. The maximum Gasteiger partial charge on any atom is -0.0250 e. The summed E-state index contributed by atoms with van der Waals surface area (Å²) in [5.74, 6) is 0.932. The summed E-state index contributed by atoms with van der Waals surface area (Å²) >= 11 is 0. The molecule has 0 aromatic heterocycles. The van der Waals surface area contributed by atoms with Crippen LogP contribution < -0.4 is 0 Å². The van der Waals surface area contributed by atoms with E-state index < -0.39 is 0 Å². The second-order valence-electron chi connectivity index (χ2n) is 6.32. The van der Waals surface area contributed by atoms with Crippen molar-refractivity contribution in [3.05, 3.63) is 35.9 Å². The summed E-state index contributed by atoms with van der Waals surface area (Å²) in [6, 6.07) is 11.1. The first-order valence-corrected chi connectivity index (χ1v) is 8.49. The van der Waals surface area contributed by atoms with Crippen LogP contribution in [0.5, 0.6) is 0 Å². The van der Waals surface area contributed by atoms with E-state index in [0.29, 0.717) is 0 Å². The summed E-state index contributed by atoms with van der Waals surface area (Å²) in [5.41, 5.74) is 1.54. The Kier molecular flexibility index (Phi) is 7.06. The third kappa shape index (κ3) is 6.27. The summed E-state index contributed by atoms with van der Waals surface area (Å²) < 4.78 is 0. The number of hydrogen-bond donors (Lipinski definition) is 0. The lowest BCUT2D eigenvalue weighted by molar-refractivity contribution is 0.392. The highest BCUT2D eigenvalue weighted by molar-refractivity contribution is 5.15. The van der Waals surface area contributed by atoms with Gasteiger partial charge in [-0.1, -0.05) is 101 Å². The molecule has 0 N–H and O–H groups in total. The van der Waals surface area contributed by atoms with Gasteiger partial charge >= 0.3 is 0 Å². The number of hydrogen-bond acceptors (Lipinski definition) is 0. The summed E-state index contributed by atoms with van der Waals surface area (Å²) in [5, 5.41) is 0. The smallest absolute Gasteiger partial charge is 0.0250 e. The van der Waals surface area contributed by atoms with Gasteiger partial charge in [0.15, 0.2) is 0 Å². The molecule has 0 saturated heterocycles. The predicted octanol–water partition coefficient (Wildman–Crippen LogP) is 6.15. The van der Waals surface area contributed by atoms with E-state index in [9.17, 15) is 0 Å². The third-order valence-electron chi connectivity index (χ3n) is 4.59. The van der Waals surface area contributed by atoms with Crippen molar-refractivity contribution in [2.45, 2.75) is 77.0 Å². The molecule has 0 unspecified atom stereocenters. The van der Waals surface area contributed by atoms with Gasteiger partial charge in [-0.2, -0.15) is 0 Å². The predicted molar refractivity (Wildman–Crippen MR) is 84.4 cm³/mol. The average Bonchev–Trinajstić information content (AvgIpc) is 2.43. The van der Waals surface area contributed by atoms with Gasteiger partial charge in [-0.3, -0.25) is 0 Å². The van der Waals surface area contributed by atoms with Crippen molar-refractivity contribution in [1.29, 1.82) is 0 Å². The van der Waals surface area contributed by atoms with Crippen LogP contribution in [0.15, 0.2) is 30.3 Å². The SMILES string of the molecule is c1ccc(CC2CCCCCCCCCCC2)cc1. The van der Waals surface area contributed by atoms with Gasteiger partial charge in [0.05, 0.1) is 0 Å². The van der Waals surface area contributed by atoms with Crippen molar-refractivity contribution >= 4 is 0 Å². The molecular formula is C19H30. The maximum atomic E-state index is 2.30. The third-order valence-corrected chi connectivity index (χ3v) is 4.59. The van der Waals surface area contributed by atoms with E-state index in [1.165, 1.54) is 77.0 Å². The highest BCUT2D eigenvalue weighted by atomic mass is 14.2. The summed E-state index contributed by atoms with van der Waals surface area (Å²) in [7, 11) is 0. The van der Waals surface area contributed by atoms with Gasteiger partial charge in [-0.05, 0) is 17.9 Å². The highest BCUT2D eigenvalue weighted by Crippen LogP contribution is 2.24. The molecule has 0 aliphatic heterocycles. The molecule has 0 bridgehead atoms. The highest BCUT2D eigenvalue weighted by Gasteiger charge is 2.10. The monoisotopic (exact) mass is 258 g/mol. The van der Waals surface area contributed by atoms with Crippen LogP contribution in [0.1, 0.15) is 76.2 Å². The summed E-state index contributed by atoms with van der Waals surface area (Å²) in [4.78, 5) is 0. The molecule has 2 rings (SSSR count). The largest absolute Gasteiger partial charge is 0.0622 e. The zero-order valence-electron chi connectivity index (χ0n) is 12.4. The Morgan fingerprint density at radius 3 is 1.63 bits per heavy atom. The number of benzene rings is 1. The van der Waals surface area contributed by atoms with Crippen molar-refractivity contribution in [1.82, 2.24) is 0 Å². The number of rotatable bonds is 2. The van der Waals surface area contributed by atoms with E-state index in [1.807, 2.05) is 0 Å². The molecule has 0 radical (unpaired) electrons. The second-order valence-corrected chi connectivity index (χ2v) is 6.32. The lowest BCUT2D eigenvalue weighted by atomic mass is 9.88. The van der Waals surface area contributed by atoms with Gasteiger partial charge < -0.3 is 0 Å². The lowest BCUT2D eigenvalue weighted by Crippen LogP contribution is -2.05. The molecule has 0 nitrogen and oxygen atoms in total. The molecule has 0 amide bonds. The van der Waals surface area contributed by atoms with Crippen molar-refractivity contribution < 1.29 is 0 Å². The van der Waals surface area contributed by atoms with Gasteiger partial charge in [0.25, 0.3) is 0 Å². The normalized spacial score (nSPS) is 20.4. The van der Waals surface area contributed by atoms with Crippen LogP contribution in [0.2, 0.25) is 0 Å². The zero-order valence-corrected chi connectivity index (χ0v) is 12.4. The molecule has 0 heterocycles.